The van der Waals surface area contributed by atoms with Crippen molar-refractivity contribution in [3.05, 3.63) is 64.7 Å². The van der Waals surface area contributed by atoms with Gasteiger partial charge in [0.2, 0.25) is 5.82 Å². The van der Waals surface area contributed by atoms with Crippen molar-refractivity contribution in [3.8, 4) is 28.7 Å². The number of thiazole rings is 1. The molecule has 4 rings (SSSR count). The first-order valence-corrected chi connectivity index (χ1v) is 9.22. The summed E-state index contributed by atoms with van der Waals surface area (Å²) in [6.45, 7) is 0.392. The number of benzene rings is 1. The minimum absolute atomic E-state index is 0.254. The van der Waals surface area contributed by atoms with Crippen LogP contribution in [0.3, 0.4) is 0 Å². The normalized spacial score (nSPS) is 10.6. The molecular weight excluding hydrogens is 378 g/mol. The highest BCUT2D eigenvalue weighted by molar-refractivity contribution is 7.12. The summed E-state index contributed by atoms with van der Waals surface area (Å²) in [6.07, 6.45) is 3.31. The molecule has 0 unspecified atom stereocenters. The molecule has 1 amide bonds. The number of ether oxygens (including phenoxy) is 1. The molecule has 0 saturated heterocycles. The smallest absolute Gasteiger partial charge is 0.280 e. The second kappa shape index (κ2) is 7.97. The molecule has 0 fully saturated rings. The molecule has 0 radical (unpaired) electrons. The quantitative estimate of drug-likeness (QED) is 0.536. The molecule has 140 valence electrons. The molecule has 0 atom stereocenters. The van der Waals surface area contributed by atoms with Crippen molar-refractivity contribution in [3.63, 3.8) is 0 Å². The number of aromatic nitrogens is 4. The molecule has 0 saturated carbocycles. The number of hydrogen-bond donors (Lipinski definition) is 1. The Kier molecular flexibility index (Phi) is 5.07. The van der Waals surface area contributed by atoms with Crippen LogP contribution in [0.2, 0.25) is 0 Å². The number of carbonyl (C=O) groups is 1. The van der Waals surface area contributed by atoms with Gasteiger partial charge >= 0.3 is 0 Å². The van der Waals surface area contributed by atoms with Crippen LogP contribution in [0.25, 0.3) is 23.0 Å². The number of hydrogen-bond acceptors (Lipinski definition) is 8. The monoisotopic (exact) mass is 393 g/mol. The largest absolute Gasteiger partial charge is 0.497 e. The zero-order chi connectivity index (χ0) is 19.3. The third-order valence-electron chi connectivity index (χ3n) is 3.88. The number of pyridine rings is 1. The fourth-order valence-electron chi connectivity index (χ4n) is 2.42. The Bertz CT molecular complexity index is 1080. The maximum Gasteiger partial charge on any atom is 0.280 e. The van der Waals surface area contributed by atoms with Crippen LogP contribution in [-0.2, 0) is 6.54 Å². The van der Waals surface area contributed by atoms with E-state index in [0.29, 0.717) is 23.1 Å². The molecule has 3 aromatic heterocycles. The van der Waals surface area contributed by atoms with Crippen LogP contribution in [0, 0.1) is 0 Å². The van der Waals surface area contributed by atoms with E-state index >= 15 is 0 Å². The van der Waals surface area contributed by atoms with Crippen LogP contribution in [0.5, 0.6) is 5.75 Å². The minimum atomic E-state index is -0.265. The van der Waals surface area contributed by atoms with Crippen LogP contribution >= 0.6 is 11.3 Å². The number of methoxy groups -OCH3 is 1. The Labute approximate surface area is 164 Å². The van der Waals surface area contributed by atoms with Crippen molar-refractivity contribution in [2.75, 3.05) is 7.11 Å². The van der Waals surface area contributed by atoms with Gasteiger partial charge in [-0.15, -0.1) is 11.3 Å². The number of nitrogens with zero attached hydrogens (tertiary/aromatic N) is 4. The fraction of sp³-hybridized carbons (Fsp3) is 0.105. The van der Waals surface area contributed by atoms with Gasteiger partial charge in [-0.05, 0) is 29.8 Å². The van der Waals surface area contributed by atoms with Gasteiger partial charge in [-0.1, -0.05) is 17.3 Å². The summed E-state index contributed by atoms with van der Waals surface area (Å²) < 4.78 is 10.4. The summed E-state index contributed by atoms with van der Waals surface area (Å²) in [7, 11) is 1.61. The van der Waals surface area contributed by atoms with Crippen molar-refractivity contribution in [1.82, 2.24) is 25.4 Å². The first-order valence-electron chi connectivity index (χ1n) is 8.34. The van der Waals surface area contributed by atoms with E-state index in [4.69, 9.17) is 9.26 Å². The Morgan fingerprint density at radius 3 is 2.82 bits per heavy atom. The second-order valence-corrected chi connectivity index (χ2v) is 6.59. The second-order valence-electron chi connectivity index (χ2n) is 5.73. The van der Waals surface area contributed by atoms with E-state index in [0.717, 1.165) is 16.9 Å². The molecule has 1 aromatic carbocycles. The molecule has 0 aliphatic heterocycles. The molecule has 0 bridgehead atoms. The van der Waals surface area contributed by atoms with Gasteiger partial charge in [-0.3, -0.25) is 9.78 Å². The molecule has 0 aliphatic carbocycles. The lowest BCUT2D eigenvalue weighted by Gasteiger charge is -2.04. The van der Waals surface area contributed by atoms with Crippen molar-refractivity contribution in [2.24, 2.45) is 0 Å². The van der Waals surface area contributed by atoms with E-state index in [2.05, 4.69) is 25.4 Å². The Morgan fingerprint density at radius 2 is 2.07 bits per heavy atom. The number of nitrogens with one attached hydrogen (secondary N) is 1. The van der Waals surface area contributed by atoms with Crippen LogP contribution in [0.15, 0.2) is 58.7 Å². The molecule has 8 nitrogen and oxygen atoms in total. The van der Waals surface area contributed by atoms with E-state index < -0.39 is 0 Å². The highest BCUT2D eigenvalue weighted by Crippen LogP contribution is 2.23. The number of carbonyl (C=O) groups excluding carboxylic acids is 1. The predicted molar refractivity (Wildman–Crippen MR) is 103 cm³/mol. The van der Waals surface area contributed by atoms with Gasteiger partial charge < -0.3 is 14.6 Å². The summed E-state index contributed by atoms with van der Waals surface area (Å²) in [5, 5.41) is 8.81. The van der Waals surface area contributed by atoms with Gasteiger partial charge in [-0.25, -0.2) is 4.98 Å². The van der Waals surface area contributed by atoms with Gasteiger partial charge in [0.25, 0.3) is 11.8 Å². The van der Waals surface area contributed by atoms with Crippen LogP contribution in [0.4, 0.5) is 0 Å². The molecule has 3 heterocycles. The van der Waals surface area contributed by atoms with Crippen LogP contribution < -0.4 is 10.1 Å². The lowest BCUT2D eigenvalue weighted by Crippen LogP contribution is -2.22. The van der Waals surface area contributed by atoms with Crippen molar-refractivity contribution in [2.45, 2.75) is 6.54 Å². The topological polar surface area (TPSA) is 103 Å². The lowest BCUT2D eigenvalue weighted by atomic mass is 10.2. The number of amides is 1. The SMILES string of the molecule is COc1ccc(CNC(=O)c2nc(-c3nc(-c4cccnc4)no3)cs2)cc1. The van der Waals surface area contributed by atoms with E-state index in [9.17, 15) is 4.79 Å². The standard InChI is InChI=1S/C19H15N5O3S/c1-26-14-6-4-12(5-7-14)9-21-17(25)19-22-15(11-28-19)18-23-16(24-27-18)13-3-2-8-20-10-13/h2-8,10-11H,9H2,1H3,(H,21,25). The van der Waals surface area contributed by atoms with Gasteiger partial charge in [-0.2, -0.15) is 4.98 Å². The predicted octanol–water partition coefficient (Wildman–Crippen LogP) is 3.19. The summed E-state index contributed by atoms with van der Waals surface area (Å²) in [4.78, 5) is 25.0. The Balaban J connectivity index is 1.42. The summed E-state index contributed by atoms with van der Waals surface area (Å²) >= 11 is 1.22. The van der Waals surface area contributed by atoms with Crippen LogP contribution in [0.1, 0.15) is 15.4 Å². The average Bonchev–Trinajstić information content (AvgIpc) is 3.43. The molecule has 9 heteroatoms. The average molecular weight is 393 g/mol. The highest BCUT2D eigenvalue weighted by Gasteiger charge is 2.17. The molecule has 4 aromatic rings. The fourth-order valence-corrected chi connectivity index (χ4v) is 3.12. The Morgan fingerprint density at radius 1 is 1.21 bits per heavy atom. The van der Waals surface area contributed by atoms with E-state index in [1.54, 1.807) is 30.9 Å². The van der Waals surface area contributed by atoms with Crippen molar-refractivity contribution >= 4 is 17.2 Å². The minimum Gasteiger partial charge on any atom is -0.497 e. The molecule has 0 spiro atoms. The van der Waals surface area contributed by atoms with E-state index in [1.807, 2.05) is 30.3 Å². The number of rotatable bonds is 6. The third kappa shape index (κ3) is 3.89. The maximum absolute atomic E-state index is 12.3. The molecule has 0 aliphatic rings. The van der Waals surface area contributed by atoms with Gasteiger partial charge in [0, 0.05) is 29.9 Å². The van der Waals surface area contributed by atoms with Crippen molar-refractivity contribution in [1.29, 1.82) is 0 Å². The summed E-state index contributed by atoms with van der Waals surface area (Å²) in [5.74, 6) is 1.18. The van der Waals surface area contributed by atoms with Crippen LogP contribution in [-0.4, -0.2) is 33.1 Å². The first kappa shape index (κ1) is 17.8. The summed E-state index contributed by atoms with van der Waals surface area (Å²) in [6, 6.07) is 11.1. The van der Waals surface area contributed by atoms with Crippen molar-refractivity contribution < 1.29 is 14.1 Å². The molecular formula is C19H15N5O3S. The zero-order valence-electron chi connectivity index (χ0n) is 14.8. The lowest BCUT2D eigenvalue weighted by molar-refractivity contribution is 0.0950. The highest BCUT2D eigenvalue weighted by atomic mass is 32.1. The van der Waals surface area contributed by atoms with E-state index in [1.165, 1.54) is 11.3 Å². The Hall–Kier alpha value is -3.59. The van der Waals surface area contributed by atoms with E-state index in [-0.39, 0.29) is 11.8 Å². The third-order valence-corrected chi connectivity index (χ3v) is 4.72. The van der Waals surface area contributed by atoms with Gasteiger partial charge in [0.15, 0.2) is 5.01 Å². The molecule has 28 heavy (non-hydrogen) atoms. The van der Waals surface area contributed by atoms with Gasteiger partial charge in [0.05, 0.1) is 7.11 Å². The first-order chi connectivity index (χ1) is 13.7. The molecule has 1 N–H and O–H groups in total. The maximum atomic E-state index is 12.3. The van der Waals surface area contributed by atoms with Gasteiger partial charge in [0.1, 0.15) is 11.4 Å². The summed E-state index contributed by atoms with van der Waals surface area (Å²) in [5.41, 5.74) is 2.16. The zero-order valence-corrected chi connectivity index (χ0v) is 15.6.